The van der Waals surface area contributed by atoms with Crippen LogP contribution in [0.5, 0.6) is 11.5 Å². The van der Waals surface area contributed by atoms with Gasteiger partial charge in [-0.15, -0.1) is 11.3 Å². The Labute approximate surface area is 156 Å². The van der Waals surface area contributed by atoms with E-state index < -0.39 is 11.2 Å². The van der Waals surface area contributed by atoms with Crippen molar-refractivity contribution in [3.8, 4) is 11.5 Å². The fourth-order valence-electron chi connectivity index (χ4n) is 3.34. The van der Waals surface area contributed by atoms with Crippen LogP contribution in [0.15, 0.2) is 23.2 Å². The minimum Gasteiger partial charge on any atom is -0.493 e. The van der Waals surface area contributed by atoms with Crippen LogP contribution < -0.4 is 14.8 Å². The van der Waals surface area contributed by atoms with Gasteiger partial charge in [0.25, 0.3) is 0 Å². The van der Waals surface area contributed by atoms with E-state index >= 15 is 0 Å². The third-order valence-corrected chi connectivity index (χ3v) is 7.19. The molecule has 3 heterocycles. The fraction of sp³-hybridized carbons (Fsp3) is 0.312. The number of thiazole rings is 1. The van der Waals surface area contributed by atoms with Gasteiger partial charge in [0.1, 0.15) is 5.25 Å². The van der Waals surface area contributed by atoms with Gasteiger partial charge in [-0.3, -0.25) is 14.9 Å². The van der Waals surface area contributed by atoms with Crippen LogP contribution in [0.25, 0.3) is 0 Å². The van der Waals surface area contributed by atoms with Gasteiger partial charge in [0, 0.05) is 10.8 Å². The zero-order valence-corrected chi connectivity index (χ0v) is 15.8. The lowest BCUT2D eigenvalue weighted by Gasteiger charge is -2.30. The molecular formula is C16H14N2O4S3. The highest BCUT2D eigenvalue weighted by atomic mass is 32.2. The molecule has 0 aliphatic carbocycles. The number of methoxy groups -OCH3 is 2. The number of carbonyl (C=O) groups is 2. The molecule has 9 heteroatoms. The average molecular weight is 394 g/mol. The minimum atomic E-state index is -0.468. The molecular weight excluding hydrogens is 380 g/mol. The number of imide groups is 1. The minimum absolute atomic E-state index is 0.243. The summed E-state index contributed by atoms with van der Waals surface area (Å²) in [5.74, 6) is -0.0223. The van der Waals surface area contributed by atoms with Gasteiger partial charge < -0.3 is 14.5 Å². The van der Waals surface area contributed by atoms with Crippen LogP contribution >= 0.6 is 35.3 Å². The molecule has 3 unspecified atom stereocenters. The number of nitrogens with one attached hydrogen (secondary N) is 2. The predicted octanol–water partition coefficient (Wildman–Crippen LogP) is 2.70. The number of H-pyrrole nitrogens is 1. The first-order chi connectivity index (χ1) is 12.0. The third-order valence-electron chi connectivity index (χ3n) is 4.43. The number of benzene rings is 1. The summed E-state index contributed by atoms with van der Waals surface area (Å²) in [4.78, 5) is 28.8. The summed E-state index contributed by atoms with van der Waals surface area (Å²) < 4.78 is 11.3. The molecule has 1 aromatic carbocycles. The second-order valence-electron chi connectivity index (χ2n) is 5.72. The summed E-state index contributed by atoms with van der Waals surface area (Å²) in [6.07, 6.45) is 0. The van der Waals surface area contributed by atoms with Crippen molar-refractivity contribution >= 4 is 47.1 Å². The molecule has 1 fully saturated rings. The van der Waals surface area contributed by atoms with Crippen LogP contribution in [-0.2, 0) is 9.59 Å². The molecule has 1 saturated heterocycles. The third kappa shape index (κ3) is 2.57. The topological polar surface area (TPSA) is 80.4 Å². The van der Waals surface area contributed by atoms with Crippen LogP contribution in [0.2, 0.25) is 0 Å². The molecule has 0 bridgehead atoms. The van der Waals surface area contributed by atoms with Gasteiger partial charge in [-0.1, -0.05) is 17.8 Å². The molecule has 0 radical (unpaired) electrons. The quantitative estimate of drug-likeness (QED) is 0.615. The summed E-state index contributed by atoms with van der Waals surface area (Å²) in [7, 11) is 3.14. The van der Waals surface area contributed by atoms with Crippen molar-refractivity contribution < 1.29 is 19.1 Å². The number of ether oxygens (including phenoxy) is 2. The van der Waals surface area contributed by atoms with Crippen molar-refractivity contribution in [3.63, 3.8) is 0 Å². The van der Waals surface area contributed by atoms with Crippen LogP contribution in [-0.4, -0.2) is 36.3 Å². The van der Waals surface area contributed by atoms with Gasteiger partial charge in [0.15, 0.2) is 15.5 Å². The molecule has 1 aromatic heterocycles. The van der Waals surface area contributed by atoms with Crippen molar-refractivity contribution in [2.75, 3.05) is 14.2 Å². The molecule has 2 N–H and O–H groups in total. The van der Waals surface area contributed by atoms with Gasteiger partial charge in [-0.05, 0) is 29.9 Å². The van der Waals surface area contributed by atoms with E-state index in [1.807, 2.05) is 18.2 Å². The van der Waals surface area contributed by atoms with E-state index in [1.165, 1.54) is 23.1 Å². The normalized spacial score (nSPS) is 24.5. The Morgan fingerprint density at radius 2 is 1.88 bits per heavy atom. The lowest BCUT2D eigenvalue weighted by Crippen LogP contribution is -2.31. The number of amides is 2. The van der Waals surface area contributed by atoms with Gasteiger partial charge in [-0.25, -0.2) is 0 Å². The Hall–Kier alpha value is -1.84. The average Bonchev–Trinajstić information content (AvgIpc) is 3.11. The molecule has 6 nitrogen and oxygen atoms in total. The van der Waals surface area contributed by atoms with E-state index in [-0.39, 0.29) is 17.7 Å². The van der Waals surface area contributed by atoms with Crippen LogP contribution in [0.4, 0.5) is 0 Å². The number of carbonyl (C=O) groups excluding carboxylic acids is 2. The predicted molar refractivity (Wildman–Crippen MR) is 97.2 cm³/mol. The maximum Gasteiger partial charge on any atom is 0.240 e. The Balaban J connectivity index is 1.90. The molecule has 0 spiro atoms. The molecule has 2 aliphatic rings. The summed E-state index contributed by atoms with van der Waals surface area (Å²) >= 11 is 8.10. The monoisotopic (exact) mass is 394 g/mol. The van der Waals surface area contributed by atoms with E-state index in [1.54, 1.807) is 14.2 Å². The lowest BCUT2D eigenvalue weighted by molar-refractivity contribution is -0.125. The van der Waals surface area contributed by atoms with Crippen molar-refractivity contribution in [1.82, 2.24) is 10.3 Å². The number of aromatic nitrogens is 1. The SMILES string of the molecule is COc1ccc(C2c3sc(=S)[nH]c3SC3C(=O)NC(=O)C32)cc1OC. The highest BCUT2D eigenvalue weighted by Crippen LogP contribution is 2.52. The fourth-order valence-corrected chi connectivity index (χ4v) is 6.27. The molecule has 2 aromatic rings. The summed E-state index contributed by atoms with van der Waals surface area (Å²) in [6, 6.07) is 5.58. The van der Waals surface area contributed by atoms with Gasteiger partial charge >= 0.3 is 0 Å². The Kier molecular flexibility index (Phi) is 4.09. The van der Waals surface area contributed by atoms with E-state index in [0.717, 1.165) is 15.5 Å². The first-order valence-corrected chi connectivity index (χ1v) is 9.60. The number of aromatic amines is 1. The Morgan fingerprint density at radius 3 is 2.60 bits per heavy atom. The molecule has 130 valence electrons. The second-order valence-corrected chi connectivity index (χ2v) is 8.59. The number of hydrogen-bond acceptors (Lipinski definition) is 7. The largest absolute Gasteiger partial charge is 0.493 e. The van der Waals surface area contributed by atoms with Crippen LogP contribution in [0, 0.1) is 9.87 Å². The Morgan fingerprint density at radius 1 is 1.12 bits per heavy atom. The smallest absolute Gasteiger partial charge is 0.240 e. The first kappa shape index (κ1) is 16.6. The molecule has 2 amide bonds. The summed E-state index contributed by atoms with van der Waals surface area (Å²) in [6.45, 7) is 0. The van der Waals surface area contributed by atoms with E-state index in [2.05, 4.69) is 10.3 Å². The summed E-state index contributed by atoms with van der Waals surface area (Å²) in [5.41, 5.74) is 0.893. The van der Waals surface area contributed by atoms with Crippen molar-refractivity contribution in [3.05, 3.63) is 32.6 Å². The Bertz CT molecular complexity index is 936. The van der Waals surface area contributed by atoms with Gasteiger partial charge in [-0.2, -0.15) is 0 Å². The molecule has 0 saturated carbocycles. The zero-order valence-electron chi connectivity index (χ0n) is 13.3. The molecule has 4 rings (SSSR count). The molecule has 2 aliphatic heterocycles. The van der Waals surface area contributed by atoms with Crippen LogP contribution in [0.1, 0.15) is 16.4 Å². The standard InChI is InChI=1S/C16H14N2O4S3/c1-21-7-4-3-6(5-8(7)22-2)9-10-11(14(20)17-13(10)19)24-15-12(9)25-16(23)18-15/h3-5,9-11H,1-2H3,(H,18,23)(H,17,19,20). The first-order valence-electron chi connectivity index (χ1n) is 7.49. The number of hydrogen-bond donors (Lipinski definition) is 2. The van der Waals surface area contributed by atoms with E-state index in [4.69, 9.17) is 21.7 Å². The molecule has 3 atom stereocenters. The van der Waals surface area contributed by atoms with Crippen molar-refractivity contribution in [1.29, 1.82) is 0 Å². The van der Waals surface area contributed by atoms with Crippen LogP contribution in [0.3, 0.4) is 0 Å². The maximum atomic E-state index is 12.5. The van der Waals surface area contributed by atoms with Crippen molar-refractivity contribution in [2.24, 2.45) is 5.92 Å². The van der Waals surface area contributed by atoms with E-state index in [9.17, 15) is 9.59 Å². The highest BCUT2D eigenvalue weighted by Gasteiger charge is 2.52. The number of fused-ring (bicyclic) bond motifs is 2. The second kappa shape index (κ2) is 6.15. The lowest BCUT2D eigenvalue weighted by atomic mass is 9.83. The maximum absolute atomic E-state index is 12.5. The number of thioether (sulfide) groups is 1. The van der Waals surface area contributed by atoms with E-state index in [0.29, 0.717) is 15.5 Å². The number of rotatable bonds is 3. The zero-order chi connectivity index (χ0) is 17.7. The van der Waals surface area contributed by atoms with Gasteiger partial charge in [0.2, 0.25) is 11.8 Å². The highest BCUT2D eigenvalue weighted by molar-refractivity contribution is 8.00. The van der Waals surface area contributed by atoms with Crippen molar-refractivity contribution in [2.45, 2.75) is 16.2 Å². The van der Waals surface area contributed by atoms with Gasteiger partial charge in [0.05, 0.1) is 25.2 Å². The molecule has 25 heavy (non-hydrogen) atoms. The summed E-state index contributed by atoms with van der Waals surface area (Å²) in [5, 5.41) is 2.86.